The summed E-state index contributed by atoms with van der Waals surface area (Å²) in [7, 11) is 0. The van der Waals surface area contributed by atoms with Crippen molar-refractivity contribution in [1.29, 1.82) is 0 Å². The molecule has 0 radical (unpaired) electrons. The van der Waals surface area contributed by atoms with Gasteiger partial charge in [-0.05, 0) is 25.0 Å². The van der Waals surface area contributed by atoms with E-state index < -0.39 is 0 Å². The van der Waals surface area contributed by atoms with Crippen molar-refractivity contribution in [2.24, 2.45) is 0 Å². The van der Waals surface area contributed by atoms with Gasteiger partial charge in [-0.1, -0.05) is 25.5 Å². The molecule has 0 aliphatic rings. The van der Waals surface area contributed by atoms with E-state index in [-0.39, 0.29) is 18.1 Å². The SMILES string of the molecule is CCCCOC(=O)Cc1c(C)cccc1O. The predicted octanol–water partition coefficient (Wildman–Crippen LogP) is 2.59. The van der Waals surface area contributed by atoms with Gasteiger partial charge in [0.05, 0.1) is 13.0 Å². The second-order valence-corrected chi connectivity index (χ2v) is 3.82. The number of carbonyl (C=O) groups excluding carboxylic acids is 1. The first-order chi connectivity index (χ1) is 7.65. The van der Waals surface area contributed by atoms with Crippen molar-refractivity contribution in [3.05, 3.63) is 29.3 Å². The zero-order valence-corrected chi connectivity index (χ0v) is 9.82. The molecule has 0 unspecified atom stereocenters. The lowest BCUT2D eigenvalue weighted by atomic mass is 10.0. The van der Waals surface area contributed by atoms with Crippen molar-refractivity contribution in [3.63, 3.8) is 0 Å². The number of unbranched alkanes of at least 4 members (excludes halogenated alkanes) is 1. The molecule has 0 fully saturated rings. The Morgan fingerprint density at radius 3 is 2.81 bits per heavy atom. The first kappa shape index (κ1) is 12.6. The Bertz CT molecular complexity index is 338. The first-order valence-corrected chi connectivity index (χ1v) is 5.58. The van der Waals surface area contributed by atoms with Crippen molar-refractivity contribution < 1.29 is 14.6 Å². The van der Waals surface area contributed by atoms with Crippen LogP contribution >= 0.6 is 0 Å². The van der Waals surface area contributed by atoms with Crippen LogP contribution < -0.4 is 0 Å². The Morgan fingerprint density at radius 2 is 2.19 bits per heavy atom. The number of phenolic OH excluding ortho intramolecular Hbond substituents is 1. The van der Waals surface area contributed by atoms with Gasteiger partial charge in [-0.2, -0.15) is 0 Å². The van der Waals surface area contributed by atoms with E-state index in [1.165, 1.54) is 0 Å². The molecule has 1 aromatic carbocycles. The maximum absolute atomic E-state index is 11.5. The second kappa shape index (κ2) is 6.16. The summed E-state index contributed by atoms with van der Waals surface area (Å²) in [6.07, 6.45) is 2.02. The van der Waals surface area contributed by atoms with E-state index in [2.05, 4.69) is 0 Å². The summed E-state index contributed by atoms with van der Waals surface area (Å²) in [4.78, 5) is 11.5. The van der Waals surface area contributed by atoms with Crippen molar-refractivity contribution in [2.75, 3.05) is 6.61 Å². The minimum absolute atomic E-state index is 0.141. The Labute approximate surface area is 96.1 Å². The average Bonchev–Trinajstić information content (AvgIpc) is 2.24. The summed E-state index contributed by atoms with van der Waals surface area (Å²) in [6, 6.07) is 5.21. The summed E-state index contributed by atoms with van der Waals surface area (Å²) >= 11 is 0. The number of phenols is 1. The molecule has 1 aromatic rings. The normalized spacial score (nSPS) is 10.1. The lowest BCUT2D eigenvalue weighted by Crippen LogP contribution is -2.10. The highest BCUT2D eigenvalue weighted by molar-refractivity contribution is 5.74. The fraction of sp³-hybridized carbons (Fsp3) is 0.462. The molecule has 0 spiro atoms. The van der Waals surface area contributed by atoms with E-state index in [4.69, 9.17) is 4.74 Å². The van der Waals surface area contributed by atoms with Crippen LogP contribution in [0.3, 0.4) is 0 Å². The zero-order chi connectivity index (χ0) is 12.0. The Kier molecular flexibility index (Phi) is 4.83. The summed E-state index contributed by atoms with van der Waals surface area (Å²) in [5.74, 6) is -0.120. The zero-order valence-electron chi connectivity index (χ0n) is 9.82. The smallest absolute Gasteiger partial charge is 0.310 e. The van der Waals surface area contributed by atoms with E-state index in [0.29, 0.717) is 12.2 Å². The lowest BCUT2D eigenvalue weighted by Gasteiger charge is -2.08. The third-order valence-corrected chi connectivity index (χ3v) is 2.47. The van der Waals surface area contributed by atoms with Gasteiger partial charge in [0.1, 0.15) is 5.75 Å². The lowest BCUT2D eigenvalue weighted by molar-refractivity contribution is -0.142. The van der Waals surface area contributed by atoms with Gasteiger partial charge in [-0.25, -0.2) is 0 Å². The van der Waals surface area contributed by atoms with E-state index in [9.17, 15) is 9.90 Å². The summed E-state index contributed by atoms with van der Waals surface area (Å²) in [5, 5.41) is 9.60. The first-order valence-electron chi connectivity index (χ1n) is 5.58. The number of ether oxygens (including phenoxy) is 1. The molecule has 1 rings (SSSR count). The van der Waals surface area contributed by atoms with Crippen LogP contribution in [0.4, 0.5) is 0 Å². The van der Waals surface area contributed by atoms with Gasteiger partial charge in [-0.3, -0.25) is 4.79 Å². The number of rotatable bonds is 5. The van der Waals surface area contributed by atoms with Crippen molar-refractivity contribution in [2.45, 2.75) is 33.1 Å². The van der Waals surface area contributed by atoms with Crippen LogP contribution in [0.15, 0.2) is 18.2 Å². The molecule has 0 heterocycles. The summed E-state index contributed by atoms with van der Waals surface area (Å²) in [6.45, 7) is 4.37. The molecule has 0 saturated heterocycles. The average molecular weight is 222 g/mol. The molecule has 3 heteroatoms. The number of hydrogen-bond donors (Lipinski definition) is 1. The molecule has 0 aliphatic heterocycles. The number of aryl methyl sites for hydroxylation is 1. The highest BCUT2D eigenvalue weighted by Crippen LogP contribution is 2.21. The van der Waals surface area contributed by atoms with E-state index in [1.807, 2.05) is 19.9 Å². The number of aromatic hydroxyl groups is 1. The van der Waals surface area contributed by atoms with Gasteiger partial charge in [0.25, 0.3) is 0 Å². The van der Waals surface area contributed by atoms with Crippen LogP contribution in [0, 0.1) is 6.92 Å². The summed E-state index contributed by atoms with van der Waals surface area (Å²) < 4.78 is 5.05. The van der Waals surface area contributed by atoms with Crippen LogP contribution in [0.1, 0.15) is 30.9 Å². The van der Waals surface area contributed by atoms with Crippen molar-refractivity contribution >= 4 is 5.97 Å². The highest BCUT2D eigenvalue weighted by Gasteiger charge is 2.10. The topological polar surface area (TPSA) is 46.5 Å². The minimum atomic E-state index is -0.280. The molecule has 16 heavy (non-hydrogen) atoms. The van der Waals surface area contributed by atoms with Gasteiger partial charge in [-0.15, -0.1) is 0 Å². The molecule has 0 aromatic heterocycles. The van der Waals surface area contributed by atoms with Gasteiger partial charge >= 0.3 is 5.97 Å². The second-order valence-electron chi connectivity index (χ2n) is 3.82. The Balaban J connectivity index is 2.56. The largest absolute Gasteiger partial charge is 0.508 e. The fourth-order valence-electron chi connectivity index (χ4n) is 1.44. The monoisotopic (exact) mass is 222 g/mol. The minimum Gasteiger partial charge on any atom is -0.508 e. The third-order valence-electron chi connectivity index (χ3n) is 2.47. The van der Waals surface area contributed by atoms with Gasteiger partial charge < -0.3 is 9.84 Å². The number of carbonyl (C=O) groups is 1. The molecular weight excluding hydrogens is 204 g/mol. The van der Waals surface area contributed by atoms with Crippen LogP contribution in [0.25, 0.3) is 0 Å². The van der Waals surface area contributed by atoms with Crippen LogP contribution in [0.2, 0.25) is 0 Å². The third kappa shape index (κ3) is 3.57. The van der Waals surface area contributed by atoms with Crippen LogP contribution in [0.5, 0.6) is 5.75 Å². The quantitative estimate of drug-likeness (QED) is 0.615. The maximum Gasteiger partial charge on any atom is 0.310 e. The number of benzene rings is 1. The van der Waals surface area contributed by atoms with E-state index >= 15 is 0 Å². The molecule has 0 amide bonds. The van der Waals surface area contributed by atoms with Crippen LogP contribution in [-0.2, 0) is 16.0 Å². The van der Waals surface area contributed by atoms with Gasteiger partial charge in [0.2, 0.25) is 0 Å². The Hall–Kier alpha value is -1.51. The standard InChI is InChI=1S/C13H18O3/c1-3-4-8-16-13(15)9-11-10(2)6-5-7-12(11)14/h5-7,14H,3-4,8-9H2,1-2H3. The van der Waals surface area contributed by atoms with Gasteiger partial charge in [0.15, 0.2) is 0 Å². The van der Waals surface area contributed by atoms with Crippen molar-refractivity contribution in [3.8, 4) is 5.75 Å². The maximum atomic E-state index is 11.5. The molecule has 0 saturated carbocycles. The predicted molar refractivity (Wildman–Crippen MR) is 62.4 cm³/mol. The van der Waals surface area contributed by atoms with E-state index in [0.717, 1.165) is 18.4 Å². The highest BCUT2D eigenvalue weighted by atomic mass is 16.5. The fourth-order valence-corrected chi connectivity index (χ4v) is 1.44. The van der Waals surface area contributed by atoms with Crippen molar-refractivity contribution in [1.82, 2.24) is 0 Å². The molecular formula is C13H18O3. The van der Waals surface area contributed by atoms with E-state index in [1.54, 1.807) is 12.1 Å². The summed E-state index contributed by atoms with van der Waals surface area (Å²) in [5.41, 5.74) is 1.57. The molecule has 3 nitrogen and oxygen atoms in total. The molecule has 0 bridgehead atoms. The molecule has 0 atom stereocenters. The van der Waals surface area contributed by atoms with Crippen LogP contribution in [-0.4, -0.2) is 17.7 Å². The number of esters is 1. The molecule has 0 aliphatic carbocycles. The Morgan fingerprint density at radius 1 is 1.44 bits per heavy atom. The molecule has 88 valence electrons. The van der Waals surface area contributed by atoms with Gasteiger partial charge in [0, 0.05) is 5.56 Å². The number of hydrogen-bond acceptors (Lipinski definition) is 3. The molecule has 1 N–H and O–H groups in total.